The second-order valence-corrected chi connectivity index (χ2v) is 15.1. The maximum Gasteiger partial charge on any atom is 0.306 e. The van der Waals surface area contributed by atoms with Crippen molar-refractivity contribution in [1.29, 1.82) is 0 Å². The Bertz CT molecular complexity index is 1350. The minimum absolute atomic E-state index is 0.172. The molecule has 1 fully saturated rings. The Morgan fingerprint density at radius 3 is 1.48 bits per heavy atom. The molecule has 1 rings (SSSR count). The predicted molar refractivity (Wildman–Crippen MR) is 247 cm³/mol. The average Bonchev–Trinajstić information content (AvgIpc) is 3.26. The fourth-order valence-corrected chi connectivity index (χ4v) is 6.03. The summed E-state index contributed by atoms with van der Waals surface area (Å²) < 4.78 is 22.1. The molecule has 0 spiro atoms. The van der Waals surface area contributed by atoms with Gasteiger partial charge < -0.3 is 39.4 Å². The summed E-state index contributed by atoms with van der Waals surface area (Å²) in [6.07, 6.45) is 48.1. The van der Waals surface area contributed by atoms with Crippen molar-refractivity contribution < 1.29 is 49.0 Å². The molecule has 0 aromatic heterocycles. The molecule has 10 heteroatoms. The molecule has 1 heterocycles. The third-order valence-electron chi connectivity index (χ3n) is 9.64. The summed E-state index contributed by atoms with van der Waals surface area (Å²) in [6.45, 7) is 3.17. The van der Waals surface area contributed by atoms with Gasteiger partial charge in [0.2, 0.25) is 0 Å². The molecule has 4 N–H and O–H groups in total. The molecule has 10 nitrogen and oxygen atoms in total. The van der Waals surface area contributed by atoms with E-state index < -0.39 is 55.4 Å². The van der Waals surface area contributed by atoms with E-state index >= 15 is 0 Å². The van der Waals surface area contributed by atoms with Crippen molar-refractivity contribution in [3.63, 3.8) is 0 Å². The molecular formula is C51H80O10. The minimum atomic E-state index is -1.62. The maximum absolute atomic E-state index is 12.8. The average molecular weight is 853 g/mol. The van der Waals surface area contributed by atoms with Gasteiger partial charge in [0.15, 0.2) is 12.4 Å². The normalized spacial score (nSPS) is 20.8. The molecule has 1 saturated heterocycles. The molecule has 0 amide bonds. The largest absolute Gasteiger partial charge is 0.462 e. The van der Waals surface area contributed by atoms with E-state index in [9.17, 15) is 30.0 Å². The number of unbranched alkanes of at least 4 members (excludes halogenated alkanes) is 7. The van der Waals surface area contributed by atoms with Crippen LogP contribution in [0.15, 0.2) is 109 Å². The molecule has 1 aliphatic heterocycles. The van der Waals surface area contributed by atoms with E-state index in [1.54, 1.807) is 0 Å². The summed E-state index contributed by atoms with van der Waals surface area (Å²) in [5, 5.41) is 40.1. The highest BCUT2D eigenvalue weighted by molar-refractivity contribution is 5.70. The van der Waals surface area contributed by atoms with Gasteiger partial charge in [-0.05, 0) is 96.3 Å². The van der Waals surface area contributed by atoms with Crippen molar-refractivity contribution >= 4 is 11.9 Å². The highest BCUT2D eigenvalue weighted by atomic mass is 16.7. The van der Waals surface area contributed by atoms with Crippen molar-refractivity contribution in [3.05, 3.63) is 109 Å². The number of hydrogen-bond donors (Lipinski definition) is 4. The van der Waals surface area contributed by atoms with Crippen molar-refractivity contribution in [2.24, 2.45) is 0 Å². The lowest BCUT2D eigenvalue weighted by atomic mass is 9.99. The molecule has 0 aromatic carbocycles. The van der Waals surface area contributed by atoms with E-state index in [1.807, 2.05) is 6.08 Å². The minimum Gasteiger partial charge on any atom is -0.462 e. The summed E-state index contributed by atoms with van der Waals surface area (Å²) in [5.41, 5.74) is 0. The van der Waals surface area contributed by atoms with Gasteiger partial charge in [0.05, 0.1) is 13.2 Å². The summed E-state index contributed by atoms with van der Waals surface area (Å²) in [7, 11) is 0. The zero-order valence-electron chi connectivity index (χ0n) is 37.4. The first-order valence-electron chi connectivity index (χ1n) is 23.0. The van der Waals surface area contributed by atoms with Gasteiger partial charge in [0.25, 0.3) is 0 Å². The molecule has 2 unspecified atom stereocenters. The van der Waals surface area contributed by atoms with Crippen LogP contribution in [0.5, 0.6) is 0 Å². The highest BCUT2D eigenvalue weighted by Crippen LogP contribution is 2.22. The van der Waals surface area contributed by atoms with Crippen LogP contribution in [-0.2, 0) is 28.5 Å². The van der Waals surface area contributed by atoms with Gasteiger partial charge in [-0.15, -0.1) is 0 Å². The Balaban J connectivity index is 2.41. The smallest absolute Gasteiger partial charge is 0.306 e. The quantitative estimate of drug-likeness (QED) is 0.0272. The standard InChI is InChI=1S/C51H80O10/c1-3-5-7-9-11-13-15-17-19-21-22-24-26-28-30-32-34-36-38-40-47(54)60-44(43-59-51-50(57)49(56)48(55)45(41-52)61-51)42-58-46(53)39-37-35-33-31-29-27-25-23-20-18-16-14-12-10-8-6-4-2/h5,7,11-14,17-20,22,24-25,27-28,30-31,33,44-45,48-52,55-57H,3-4,6,8-10,15-16,21,23,26,29,32,34-43H2,1-2H3/b7-5+,13-11+,14-12+,19-17+,20-18+,24-22+,27-25+,30-28+,33-31+/t44-,45-,48+,49?,50?,51-/m1/s1. The number of ether oxygens (including phenoxy) is 4. The zero-order chi connectivity index (χ0) is 44.4. The van der Waals surface area contributed by atoms with Crippen LogP contribution in [0.2, 0.25) is 0 Å². The number of aliphatic hydroxyl groups excluding tert-OH is 4. The van der Waals surface area contributed by atoms with Gasteiger partial charge in [-0.3, -0.25) is 9.59 Å². The molecule has 0 bridgehead atoms. The van der Waals surface area contributed by atoms with Crippen molar-refractivity contribution in [2.45, 2.75) is 179 Å². The third kappa shape index (κ3) is 31.8. The van der Waals surface area contributed by atoms with Crippen LogP contribution in [0.25, 0.3) is 0 Å². The summed E-state index contributed by atoms with van der Waals surface area (Å²) >= 11 is 0. The van der Waals surface area contributed by atoms with Gasteiger partial charge >= 0.3 is 11.9 Å². The molecule has 6 atom stereocenters. The van der Waals surface area contributed by atoms with Gasteiger partial charge in [0, 0.05) is 12.8 Å². The molecule has 1 aliphatic rings. The Hall–Kier alpha value is -3.64. The Labute approximate surface area is 368 Å². The van der Waals surface area contributed by atoms with Gasteiger partial charge in [-0.2, -0.15) is 0 Å². The molecule has 344 valence electrons. The Morgan fingerprint density at radius 1 is 0.525 bits per heavy atom. The molecule has 0 saturated carbocycles. The van der Waals surface area contributed by atoms with Gasteiger partial charge in [0.1, 0.15) is 31.0 Å². The van der Waals surface area contributed by atoms with E-state index in [0.717, 1.165) is 77.0 Å². The lowest BCUT2D eigenvalue weighted by Gasteiger charge is -2.39. The molecule has 0 radical (unpaired) electrons. The SMILES string of the molecule is CC/C=C/C/C=C/C/C=C/C/C=C/C/C=C/CCCCCC(=O)O[C@H](COC(=O)CCC/C=C/C/C=C/C/C=C/C/C=C/CCCCC)CO[C@@H]1O[C@H](CO)[C@H](O)C(O)C1O. The van der Waals surface area contributed by atoms with E-state index in [-0.39, 0.29) is 26.1 Å². The fraction of sp³-hybridized carbons (Fsp3) is 0.608. The first-order valence-corrected chi connectivity index (χ1v) is 23.0. The monoisotopic (exact) mass is 853 g/mol. The number of carbonyl (C=O) groups excluding carboxylic acids is 2. The first-order chi connectivity index (χ1) is 29.8. The molecule has 0 aliphatic carbocycles. The van der Waals surface area contributed by atoms with Crippen LogP contribution in [0.1, 0.15) is 142 Å². The number of esters is 2. The van der Waals surface area contributed by atoms with E-state index in [1.165, 1.54) is 19.3 Å². The topological polar surface area (TPSA) is 152 Å². The predicted octanol–water partition coefficient (Wildman–Crippen LogP) is 10.1. The van der Waals surface area contributed by atoms with E-state index in [0.29, 0.717) is 19.3 Å². The third-order valence-corrected chi connectivity index (χ3v) is 9.64. The van der Waals surface area contributed by atoms with Gasteiger partial charge in [-0.25, -0.2) is 0 Å². The summed E-state index contributed by atoms with van der Waals surface area (Å²) in [5.74, 6) is -0.923. The van der Waals surface area contributed by atoms with Crippen LogP contribution in [-0.4, -0.2) is 89.0 Å². The number of carbonyl (C=O) groups is 2. The van der Waals surface area contributed by atoms with E-state index in [4.69, 9.17) is 18.9 Å². The van der Waals surface area contributed by atoms with Crippen LogP contribution in [0.3, 0.4) is 0 Å². The number of aliphatic hydroxyl groups is 4. The summed E-state index contributed by atoms with van der Waals surface area (Å²) in [4.78, 5) is 25.3. The van der Waals surface area contributed by atoms with Crippen molar-refractivity contribution in [3.8, 4) is 0 Å². The first kappa shape index (κ1) is 55.4. The number of rotatable bonds is 36. The van der Waals surface area contributed by atoms with Crippen molar-refractivity contribution in [2.75, 3.05) is 19.8 Å². The molecule has 0 aromatic rings. The maximum atomic E-state index is 12.8. The van der Waals surface area contributed by atoms with Gasteiger partial charge in [-0.1, -0.05) is 142 Å². The Kier molecular flexibility index (Phi) is 36.7. The van der Waals surface area contributed by atoms with E-state index in [2.05, 4.69) is 117 Å². The Morgan fingerprint density at radius 2 is 0.984 bits per heavy atom. The number of hydrogen-bond acceptors (Lipinski definition) is 10. The van der Waals surface area contributed by atoms with Crippen LogP contribution in [0.4, 0.5) is 0 Å². The molecule has 61 heavy (non-hydrogen) atoms. The molecular weight excluding hydrogens is 773 g/mol. The van der Waals surface area contributed by atoms with Crippen molar-refractivity contribution in [1.82, 2.24) is 0 Å². The van der Waals surface area contributed by atoms with Crippen LogP contribution in [0, 0.1) is 0 Å². The van der Waals surface area contributed by atoms with Crippen LogP contribution >= 0.6 is 0 Å². The second-order valence-electron chi connectivity index (χ2n) is 15.1. The van der Waals surface area contributed by atoms with Crippen LogP contribution < -0.4 is 0 Å². The fourth-order valence-electron chi connectivity index (χ4n) is 6.03. The zero-order valence-corrected chi connectivity index (χ0v) is 37.4. The lowest BCUT2D eigenvalue weighted by Crippen LogP contribution is -2.59. The second kappa shape index (κ2) is 40.4. The summed E-state index contributed by atoms with van der Waals surface area (Å²) in [6, 6.07) is 0. The number of allylic oxidation sites excluding steroid dienone is 18. The highest BCUT2D eigenvalue weighted by Gasteiger charge is 2.44. The lowest BCUT2D eigenvalue weighted by molar-refractivity contribution is -0.305.